The molecule has 2 rings (SSSR count). The highest BCUT2D eigenvalue weighted by Crippen LogP contribution is 2.14. The monoisotopic (exact) mass is 263 g/mol. The number of nitrogens with zero attached hydrogens (tertiary/aromatic N) is 1. The standard InChI is InChI=1S/C13H17N3O3/c1-9-12(6-3-7-14-9)15-13(17)10-4-2-5-11(8-10)16(18)19/h2,4-5,8-9,12,14H,3,6-7H2,1H3,(H,15,17). The van der Waals surface area contributed by atoms with Gasteiger partial charge in [0.2, 0.25) is 0 Å². The molecule has 1 aliphatic heterocycles. The van der Waals surface area contributed by atoms with Crippen LogP contribution in [-0.4, -0.2) is 29.5 Å². The van der Waals surface area contributed by atoms with Crippen molar-refractivity contribution in [2.24, 2.45) is 0 Å². The van der Waals surface area contributed by atoms with E-state index < -0.39 is 4.92 Å². The lowest BCUT2D eigenvalue weighted by molar-refractivity contribution is -0.384. The normalized spacial score (nSPS) is 22.8. The minimum absolute atomic E-state index is 0.0672. The second kappa shape index (κ2) is 5.79. The number of nitro groups is 1. The van der Waals surface area contributed by atoms with Crippen LogP contribution in [-0.2, 0) is 0 Å². The number of hydrogen-bond donors (Lipinski definition) is 2. The summed E-state index contributed by atoms with van der Waals surface area (Å²) in [7, 11) is 0. The Bertz CT molecular complexity index is 490. The van der Waals surface area contributed by atoms with Crippen LogP contribution in [0.1, 0.15) is 30.1 Å². The summed E-state index contributed by atoms with van der Waals surface area (Å²) < 4.78 is 0. The predicted octanol–water partition coefficient (Wildman–Crippen LogP) is 1.47. The van der Waals surface area contributed by atoms with Crippen molar-refractivity contribution in [2.75, 3.05) is 6.54 Å². The van der Waals surface area contributed by atoms with Crippen LogP contribution >= 0.6 is 0 Å². The van der Waals surface area contributed by atoms with Gasteiger partial charge in [-0.2, -0.15) is 0 Å². The molecule has 19 heavy (non-hydrogen) atoms. The number of piperidine rings is 1. The van der Waals surface area contributed by atoms with Crippen LogP contribution < -0.4 is 10.6 Å². The van der Waals surface area contributed by atoms with Gasteiger partial charge in [0.25, 0.3) is 11.6 Å². The largest absolute Gasteiger partial charge is 0.348 e. The third-order valence-corrected chi connectivity index (χ3v) is 3.40. The second-order valence-electron chi connectivity index (χ2n) is 4.77. The lowest BCUT2D eigenvalue weighted by atomic mass is 9.99. The highest BCUT2D eigenvalue weighted by molar-refractivity contribution is 5.95. The van der Waals surface area contributed by atoms with Crippen molar-refractivity contribution in [1.82, 2.24) is 10.6 Å². The highest BCUT2D eigenvalue weighted by Gasteiger charge is 2.23. The molecule has 2 N–H and O–H groups in total. The van der Waals surface area contributed by atoms with Gasteiger partial charge in [-0.25, -0.2) is 0 Å². The number of carbonyl (C=O) groups excluding carboxylic acids is 1. The van der Waals surface area contributed by atoms with Crippen molar-refractivity contribution in [1.29, 1.82) is 0 Å². The van der Waals surface area contributed by atoms with Gasteiger partial charge in [0.15, 0.2) is 0 Å². The molecule has 0 radical (unpaired) electrons. The van der Waals surface area contributed by atoms with Crippen molar-refractivity contribution in [3.63, 3.8) is 0 Å². The number of carbonyl (C=O) groups is 1. The Morgan fingerprint density at radius 3 is 3.00 bits per heavy atom. The van der Waals surface area contributed by atoms with Gasteiger partial charge in [0, 0.05) is 29.8 Å². The molecule has 0 saturated carbocycles. The summed E-state index contributed by atoms with van der Waals surface area (Å²) >= 11 is 0. The fraction of sp³-hybridized carbons (Fsp3) is 0.462. The van der Waals surface area contributed by atoms with Crippen molar-refractivity contribution in [2.45, 2.75) is 31.8 Å². The fourth-order valence-corrected chi connectivity index (χ4v) is 2.25. The van der Waals surface area contributed by atoms with E-state index in [1.807, 2.05) is 6.92 Å². The maximum absolute atomic E-state index is 12.1. The van der Waals surface area contributed by atoms with Gasteiger partial charge in [-0.05, 0) is 32.4 Å². The SMILES string of the molecule is CC1NCCCC1NC(=O)c1cccc([N+](=O)[O-])c1. The maximum Gasteiger partial charge on any atom is 0.270 e. The van der Waals surface area contributed by atoms with Gasteiger partial charge in [-0.15, -0.1) is 0 Å². The van der Waals surface area contributed by atoms with Gasteiger partial charge < -0.3 is 10.6 Å². The molecule has 1 aromatic carbocycles. The maximum atomic E-state index is 12.1. The Morgan fingerprint density at radius 2 is 2.32 bits per heavy atom. The van der Waals surface area contributed by atoms with Crippen LogP contribution in [0.5, 0.6) is 0 Å². The number of nitro benzene ring substituents is 1. The molecule has 0 aromatic heterocycles. The zero-order valence-electron chi connectivity index (χ0n) is 10.8. The number of hydrogen-bond acceptors (Lipinski definition) is 4. The van der Waals surface area contributed by atoms with Crippen LogP contribution in [0.2, 0.25) is 0 Å². The van der Waals surface area contributed by atoms with E-state index in [0.29, 0.717) is 5.56 Å². The van der Waals surface area contributed by atoms with Crippen molar-refractivity contribution >= 4 is 11.6 Å². The van der Waals surface area contributed by atoms with Crippen molar-refractivity contribution in [3.8, 4) is 0 Å². The molecule has 0 spiro atoms. The molecule has 2 atom stereocenters. The Labute approximate surface area is 111 Å². The summed E-state index contributed by atoms with van der Waals surface area (Å²) in [6.45, 7) is 2.99. The molecule has 1 amide bonds. The van der Waals surface area contributed by atoms with Gasteiger partial charge in [-0.3, -0.25) is 14.9 Å². The number of amides is 1. The van der Waals surface area contributed by atoms with Crippen molar-refractivity contribution < 1.29 is 9.72 Å². The van der Waals surface area contributed by atoms with E-state index in [0.717, 1.165) is 19.4 Å². The predicted molar refractivity (Wildman–Crippen MR) is 71.0 cm³/mol. The Hall–Kier alpha value is -1.95. The zero-order valence-corrected chi connectivity index (χ0v) is 10.8. The van der Waals surface area contributed by atoms with Gasteiger partial charge in [0.05, 0.1) is 4.92 Å². The van der Waals surface area contributed by atoms with Crippen LogP contribution in [0.25, 0.3) is 0 Å². The quantitative estimate of drug-likeness (QED) is 0.638. The smallest absolute Gasteiger partial charge is 0.270 e. The molecule has 2 unspecified atom stereocenters. The number of benzene rings is 1. The average Bonchev–Trinajstić information content (AvgIpc) is 2.41. The van der Waals surface area contributed by atoms with E-state index >= 15 is 0 Å². The van der Waals surface area contributed by atoms with E-state index in [1.165, 1.54) is 18.2 Å². The number of rotatable bonds is 3. The Morgan fingerprint density at radius 1 is 1.53 bits per heavy atom. The number of nitrogens with one attached hydrogen (secondary N) is 2. The lowest BCUT2D eigenvalue weighted by Gasteiger charge is -2.30. The topological polar surface area (TPSA) is 84.3 Å². The summed E-state index contributed by atoms with van der Waals surface area (Å²) in [6.07, 6.45) is 1.94. The minimum Gasteiger partial charge on any atom is -0.348 e. The molecular formula is C13H17N3O3. The summed E-state index contributed by atoms with van der Waals surface area (Å²) in [6, 6.07) is 6.08. The van der Waals surface area contributed by atoms with Gasteiger partial charge >= 0.3 is 0 Å². The van der Waals surface area contributed by atoms with E-state index in [1.54, 1.807) is 6.07 Å². The molecule has 6 nitrogen and oxygen atoms in total. The Balaban J connectivity index is 2.07. The average molecular weight is 263 g/mol. The molecule has 1 aliphatic rings. The minimum atomic E-state index is -0.498. The molecule has 0 bridgehead atoms. The first-order valence-corrected chi connectivity index (χ1v) is 6.36. The zero-order chi connectivity index (χ0) is 13.8. The first-order chi connectivity index (χ1) is 9.08. The summed E-state index contributed by atoms with van der Waals surface area (Å²) in [5.41, 5.74) is 0.259. The van der Waals surface area contributed by atoms with Crippen LogP contribution in [0.4, 0.5) is 5.69 Å². The first kappa shape index (κ1) is 13.5. The lowest BCUT2D eigenvalue weighted by Crippen LogP contribution is -2.51. The second-order valence-corrected chi connectivity index (χ2v) is 4.77. The van der Waals surface area contributed by atoms with E-state index in [2.05, 4.69) is 10.6 Å². The van der Waals surface area contributed by atoms with Crippen molar-refractivity contribution in [3.05, 3.63) is 39.9 Å². The van der Waals surface area contributed by atoms with E-state index in [-0.39, 0.29) is 23.7 Å². The van der Waals surface area contributed by atoms with E-state index in [4.69, 9.17) is 0 Å². The molecule has 1 saturated heterocycles. The molecular weight excluding hydrogens is 246 g/mol. The molecule has 1 aromatic rings. The molecule has 102 valence electrons. The van der Waals surface area contributed by atoms with Crippen LogP contribution in [0, 0.1) is 10.1 Å². The summed E-state index contributed by atoms with van der Waals surface area (Å²) in [5.74, 6) is -0.260. The Kier molecular flexibility index (Phi) is 4.11. The molecule has 6 heteroatoms. The third-order valence-electron chi connectivity index (χ3n) is 3.40. The van der Waals surface area contributed by atoms with Gasteiger partial charge in [0.1, 0.15) is 0 Å². The summed E-state index contributed by atoms with van der Waals surface area (Å²) in [4.78, 5) is 22.3. The highest BCUT2D eigenvalue weighted by atomic mass is 16.6. The summed E-state index contributed by atoms with van der Waals surface area (Å²) in [5, 5.41) is 16.9. The van der Waals surface area contributed by atoms with Gasteiger partial charge in [-0.1, -0.05) is 6.07 Å². The fourth-order valence-electron chi connectivity index (χ4n) is 2.25. The third kappa shape index (κ3) is 3.29. The van der Waals surface area contributed by atoms with E-state index in [9.17, 15) is 14.9 Å². The molecule has 0 aliphatic carbocycles. The first-order valence-electron chi connectivity index (χ1n) is 6.36. The molecule has 1 fully saturated rings. The molecule has 1 heterocycles. The van der Waals surface area contributed by atoms with Crippen LogP contribution in [0.3, 0.4) is 0 Å². The number of non-ortho nitro benzene ring substituents is 1. The van der Waals surface area contributed by atoms with Crippen LogP contribution in [0.15, 0.2) is 24.3 Å².